The van der Waals surface area contributed by atoms with E-state index in [4.69, 9.17) is 0 Å². The van der Waals surface area contributed by atoms with E-state index in [0.717, 1.165) is 20.3 Å². The largest absolute Gasteiger partial charge is 0.324 e. The maximum Gasteiger partial charge on any atom is 0.246 e. The number of nitrogens with one attached hydrogen (secondary N) is 1. The van der Waals surface area contributed by atoms with E-state index in [9.17, 15) is 4.79 Å². The molecule has 0 aliphatic heterocycles. The summed E-state index contributed by atoms with van der Waals surface area (Å²) in [6.07, 6.45) is 0. The topological polar surface area (TPSA) is 59.8 Å². The highest BCUT2D eigenvalue weighted by Crippen LogP contribution is 2.12. The second kappa shape index (κ2) is 5.58. The van der Waals surface area contributed by atoms with Crippen molar-refractivity contribution >= 4 is 45.2 Å². The molecule has 20 heavy (non-hydrogen) atoms. The van der Waals surface area contributed by atoms with Crippen LogP contribution in [0.2, 0.25) is 0 Å². The Balaban J connectivity index is 1.74. The highest BCUT2D eigenvalue weighted by atomic mass is 127. The molecule has 0 spiro atoms. The number of nitrogens with zero attached hydrogens (tertiary/aromatic N) is 3. The van der Waals surface area contributed by atoms with E-state index in [1.54, 1.807) is 4.68 Å². The van der Waals surface area contributed by atoms with Crippen molar-refractivity contribution < 1.29 is 4.79 Å². The summed E-state index contributed by atoms with van der Waals surface area (Å²) in [6.45, 7) is 0.145. The van der Waals surface area contributed by atoms with Crippen LogP contribution in [-0.4, -0.2) is 20.9 Å². The monoisotopic (exact) mass is 378 g/mol. The van der Waals surface area contributed by atoms with Crippen LogP contribution in [0, 0.1) is 3.57 Å². The molecular weight excluding hydrogens is 367 g/mol. The number of benzene rings is 2. The molecule has 2 aromatic carbocycles. The third-order valence-corrected chi connectivity index (χ3v) is 3.56. The smallest absolute Gasteiger partial charge is 0.246 e. The molecule has 6 heteroatoms. The number of halogens is 1. The van der Waals surface area contributed by atoms with Gasteiger partial charge in [0.2, 0.25) is 5.91 Å². The number of hydrogen-bond donors (Lipinski definition) is 1. The number of amides is 1. The molecule has 0 aliphatic carbocycles. The lowest BCUT2D eigenvalue weighted by Crippen LogP contribution is -2.19. The van der Waals surface area contributed by atoms with E-state index < -0.39 is 0 Å². The predicted octanol–water partition coefficient (Wildman–Crippen LogP) is 2.67. The zero-order valence-corrected chi connectivity index (χ0v) is 12.6. The molecule has 1 aromatic heterocycles. The molecule has 0 saturated heterocycles. The zero-order valence-electron chi connectivity index (χ0n) is 10.5. The van der Waals surface area contributed by atoms with Gasteiger partial charge in [0, 0.05) is 9.26 Å². The normalized spacial score (nSPS) is 10.7. The number of carbonyl (C=O) groups excluding carboxylic acids is 1. The van der Waals surface area contributed by atoms with Gasteiger partial charge in [0.05, 0.1) is 5.52 Å². The van der Waals surface area contributed by atoms with Gasteiger partial charge in [-0.1, -0.05) is 17.3 Å². The first kappa shape index (κ1) is 13.0. The van der Waals surface area contributed by atoms with Crippen molar-refractivity contribution in [1.82, 2.24) is 15.0 Å². The first-order chi connectivity index (χ1) is 9.72. The van der Waals surface area contributed by atoms with Crippen LogP contribution in [0.3, 0.4) is 0 Å². The van der Waals surface area contributed by atoms with Gasteiger partial charge in [0.15, 0.2) is 0 Å². The quantitative estimate of drug-likeness (QED) is 0.713. The predicted molar refractivity (Wildman–Crippen MR) is 85.3 cm³/mol. The van der Waals surface area contributed by atoms with Crippen molar-refractivity contribution in [2.45, 2.75) is 6.54 Å². The summed E-state index contributed by atoms with van der Waals surface area (Å²) in [6, 6.07) is 15.2. The van der Waals surface area contributed by atoms with Crippen LogP contribution in [0.4, 0.5) is 5.69 Å². The summed E-state index contributed by atoms with van der Waals surface area (Å²) >= 11 is 2.22. The van der Waals surface area contributed by atoms with E-state index in [1.165, 1.54) is 0 Å². The lowest BCUT2D eigenvalue weighted by atomic mass is 10.3. The van der Waals surface area contributed by atoms with Gasteiger partial charge >= 0.3 is 0 Å². The van der Waals surface area contributed by atoms with Gasteiger partial charge in [-0.3, -0.25) is 4.79 Å². The zero-order chi connectivity index (χ0) is 13.9. The van der Waals surface area contributed by atoms with Crippen molar-refractivity contribution in [3.8, 4) is 0 Å². The Bertz CT molecular complexity index is 751. The van der Waals surface area contributed by atoms with Crippen molar-refractivity contribution in [2.24, 2.45) is 0 Å². The van der Waals surface area contributed by atoms with Gasteiger partial charge < -0.3 is 5.32 Å². The average Bonchev–Trinajstić information content (AvgIpc) is 2.85. The summed E-state index contributed by atoms with van der Waals surface area (Å²) in [7, 11) is 0. The Kier molecular flexibility index (Phi) is 3.64. The Morgan fingerprint density at radius 2 is 1.90 bits per heavy atom. The van der Waals surface area contributed by atoms with Crippen molar-refractivity contribution in [2.75, 3.05) is 5.32 Å². The Morgan fingerprint density at radius 3 is 2.70 bits per heavy atom. The Morgan fingerprint density at radius 1 is 1.15 bits per heavy atom. The molecule has 1 N–H and O–H groups in total. The maximum absolute atomic E-state index is 12.0. The van der Waals surface area contributed by atoms with Gasteiger partial charge in [-0.25, -0.2) is 4.68 Å². The van der Waals surface area contributed by atoms with Crippen LogP contribution in [-0.2, 0) is 11.3 Å². The second-order valence-electron chi connectivity index (χ2n) is 4.29. The highest BCUT2D eigenvalue weighted by Gasteiger charge is 2.08. The van der Waals surface area contributed by atoms with E-state index in [0.29, 0.717) is 0 Å². The molecule has 0 fully saturated rings. The standard InChI is InChI=1S/C14H11IN4O/c15-10-5-7-11(8-6-10)16-14(20)9-19-13-4-2-1-3-12(13)17-18-19/h1-8H,9H2,(H,16,20). The van der Waals surface area contributed by atoms with Gasteiger partial charge in [0.25, 0.3) is 0 Å². The fourth-order valence-corrected chi connectivity index (χ4v) is 2.26. The van der Waals surface area contributed by atoms with E-state index in [-0.39, 0.29) is 12.5 Å². The summed E-state index contributed by atoms with van der Waals surface area (Å²) in [5.41, 5.74) is 2.42. The van der Waals surface area contributed by atoms with Gasteiger partial charge in [-0.2, -0.15) is 0 Å². The number of fused-ring (bicyclic) bond motifs is 1. The van der Waals surface area contributed by atoms with Crippen molar-refractivity contribution in [1.29, 1.82) is 0 Å². The van der Waals surface area contributed by atoms with E-state index in [1.807, 2.05) is 48.5 Å². The number of para-hydroxylation sites is 1. The van der Waals surface area contributed by atoms with Crippen LogP contribution < -0.4 is 5.32 Å². The molecule has 1 amide bonds. The van der Waals surface area contributed by atoms with Crippen LogP contribution in [0.25, 0.3) is 11.0 Å². The second-order valence-corrected chi connectivity index (χ2v) is 5.54. The molecule has 100 valence electrons. The van der Waals surface area contributed by atoms with Crippen molar-refractivity contribution in [3.63, 3.8) is 0 Å². The summed E-state index contributed by atoms with van der Waals surface area (Å²) in [5, 5.41) is 10.9. The van der Waals surface area contributed by atoms with Crippen molar-refractivity contribution in [3.05, 3.63) is 52.1 Å². The molecule has 3 rings (SSSR count). The molecule has 0 saturated carbocycles. The molecule has 0 atom stereocenters. The Hall–Kier alpha value is -1.96. The average molecular weight is 378 g/mol. The van der Waals surface area contributed by atoms with Crippen LogP contribution in [0.1, 0.15) is 0 Å². The summed E-state index contributed by atoms with van der Waals surface area (Å²) < 4.78 is 2.72. The number of anilines is 1. The third-order valence-electron chi connectivity index (χ3n) is 2.84. The lowest BCUT2D eigenvalue weighted by Gasteiger charge is -2.05. The minimum absolute atomic E-state index is 0.123. The van der Waals surface area contributed by atoms with Gasteiger partial charge in [-0.15, -0.1) is 5.10 Å². The first-order valence-electron chi connectivity index (χ1n) is 6.06. The summed E-state index contributed by atoms with van der Waals surface area (Å²) in [5.74, 6) is -0.123. The van der Waals surface area contributed by atoms with Gasteiger partial charge in [-0.05, 0) is 59.0 Å². The Labute approximate surface area is 129 Å². The molecule has 0 bridgehead atoms. The van der Waals surface area contributed by atoms with E-state index >= 15 is 0 Å². The minimum atomic E-state index is -0.123. The maximum atomic E-state index is 12.0. The van der Waals surface area contributed by atoms with Crippen LogP contribution in [0.15, 0.2) is 48.5 Å². The summed E-state index contributed by atoms with van der Waals surface area (Å²) in [4.78, 5) is 12.0. The van der Waals surface area contributed by atoms with E-state index in [2.05, 4.69) is 38.2 Å². The van der Waals surface area contributed by atoms with Crippen LogP contribution >= 0.6 is 22.6 Å². The highest BCUT2D eigenvalue weighted by molar-refractivity contribution is 14.1. The molecule has 0 radical (unpaired) electrons. The number of carbonyl (C=O) groups is 1. The van der Waals surface area contributed by atoms with Gasteiger partial charge in [0.1, 0.15) is 12.1 Å². The number of hydrogen-bond acceptors (Lipinski definition) is 3. The number of aromatic nitrogens is 3. The molecule has 5 nitrogen and oxygen atoms in total. The molecular formula is C14H11IN4O. The molecule has 0 aliphatic rings. The minimum Gasteiger partial charge on any atom is -0.324 e. The number of rotatable bonds is 3. The fourth-order valence-electron chi connectivity index (χ4n) is 1.90. The molecule has 0 unspecified atom stereocenters. The SMILES string of the molecule is O=C(Cn1nnc2ccccc21)Nc1ccc(I)cc1. The molecule has 3 aromatic rings. The third kappa shape index (κ3) is 2.79. The molecule has 1 heterocycles. The van der Waals surface area contributed by atoms with Crippen LogP contribution in [0.5, 0.6) is 0 Å². The first-order valence-corrected chi connectivity index (χ1v) is 7.14. The lowest BCUT2D eigenvalue weighted by molar-refractivity contribution is -0.116. The fraction of sp³-hybridized carbons (Fsp3) is 0.0714.